The molecule has 0 aliphatic carbocycles. The fourth-order valence-corrected chi connectivity index (χ4v) is 1.46. The van der Waals surface area contributed by atoms with Gasteiger partial charge in [-0.25, -0.2) is 0 Å². The summed E-state index contributed by atoms with van der Waals surface area (Å²) in [5.41, 5.74) is 0. The third kappa shape index (κ3) is 11.7. The predicted molar refractivity (Wildman–Crippen MR) is 63.4 cm³/mol. The van der Waals surface area contributed by atoms with Gasteiger partial charge in [-0.3, -0.25) is 0 Å². The van der Waals surface area contributed by atoms with Crippen molar-refractivity contribution in [3.63, 3.8) is 0 Å². The fraction of sp³-hybridized carbons (Fsp3) is 0.846. The van der Waals surface area contributed by atoms with Gasteiger partial charge in [-0.15, -0.1) is 0 Å². The average molecular weight is 198 g/mol. The summed E-state index contributed by atoms with van der Waals surface area (Å²) in [4.78, 5) is 0. The van der Waals surface area contributed by atoms with Gasteiger partial charge in [0.2, 0.25) is 0 Å². The molecule has 0 aliphatic heterocycles. The molecule has 0 saturated heterocycles. The maximum Gasteiger partial charge on any atom is 0.0512 e. The number of hydrogen-bond acceptors (Lipinski definition) is 1. The molecule has 84 valence electrons. The largest absolute Gasteiger partial charge is 0.393 e. The highest BCUT2D eigenvalue weighted by atomic mass is 16.3. The van der Waals surface area contributed by atoms with Crippen molar-refractivity contribution in [1.82, 2.24) is 0 Å². The lowest BCUT2D eigenvalue weighted by molar-refractivity contribution is 0.182. The Morgan fingerprint density at radius 2 is 1.64 bits per heavy atom. The lowest BCUT2D eigenvalue weighted by Gasteiger charge is -2.00. The molecule has 0 rings (SSSR count). The minimum atomic E-state index is -0.132. The van der Waals surface area contributed by atoms with Gasteiger partial charge in [-0.1, -0.05) is 38.3 Å². The van der Waals surface area contributed by atoms with Crippen molar-refractivity contribution in [3.8, 4) is 0 Å². The van der Waals surface area contributed by atoms with E-state index in [-0.39, 0.29) is 6.10 Å². The zero-order valence-electron chi connectivity index (χ0n) is 9.84. The second-order valence-corrected chi connectivity index (χ2v) is 4.10. The molecule has 0 heterocycles. The van der Waals surface area contributed by atoms with E-state index in [1.807, 2.05) is 6.92 Å². The van der Waals surface area contributed by atoms with Crippen LogP contribution in [0.2, 0.25) is 0 Å². The SMILES string of the molecule is CCCCCC/C=C/CCCC(C)O. The summed E-state index contributed by atoms with van der Waals surface area (Å²) in [6, 6.07) is 0. The van der Waals surface area contributed by atoms with Gasteiger partial charge in [0.05, 0.1) is 6.10 Å². The number of aliphatic hydroxyl groups is 1. The zero-order valence-corrected chi connectivity index (χ0v) is 9.84. The van der Waals surface area contributed by atoms with Crippen molar-refractivity contribution in [3.05, 3.63) is 12.2 Å². The lowest BCUT2D eigenvalue weighted by Crippen LogP contribution is -1.97. The van der Waals surface area contributed by atoms with E-state index in [1.54, 1.807) is 0 Å². The van der Waals surface area contributed by atoms with E-state index in [4.69, 9.17) is 5.11 Å². The molecule has 0 amide bonds. The van der Waals surface area contributed by atoms with Gasteiger partial charge in [-0.2, -0.15) is 0 Å². The average Bonchev–Trinajstić information content (AvgIpc) is 2.15. The molecule has 0 saturated carbocycles. The molecule has 1 nitrogen and oxygen atoms in total. The minimum Gasteiger partial charge on any atom is -0.393 e. The maximum atomic E-state index is 9.03. The lowest BCUT2D eigenvalue weighted by atomic mass is 10.1. The number of rotatable bonds is 9. The van der Waals surface area contributed by atoms with E-state index in [9.17, 15) is 0 Å². The quantitative estimate of drug-likeness (QED) is 0.437. The standard InChI is InChI=1S/C13H26O/c1-3-4-5-6-7-8-9-10-11-12-13(2)14/h8-9,13-14H,3-7,10-12H2,1-2H3/b9-8+. The Kier molecular flexibility index (Phi) is 10.5. The van der Waals surface area contributed by atoms with E-state index < -0.39 is 0 Å². The van der Waals surface area contributed by atoms with Crippen LogP contribution in [-0.2, 0) is 0 Å². The van der Waals surface area contributed by atoms with Crippen LogP contribution in [0.4, 0.5) is 0 Å². The van der Waals surface area contributed by atoms with Crippen LogP contribution in [0, 0.1) is 0 Å². The van der Waals surface area contributed by atoms with E-state index in [0.29, 0.717) is 0 Å². The first-order valence-corrected chi connectivity index (χ1v) is 6.10. The normalized spacial score (nSPS) is 13.6. The van der Waals surface area contributed by atoms with Crippen LogP contribution in [0.15, 0.2) is 12.2 Å². The van der Waals surface area contributed by atoms with Crippen LogP contribution in [0.5, 0.6) is 0 Å². The Labute approximate surface area is 89.2 Å². The monoisotopic (exact) mass is 198 g/mol. The van der Waals surface area contributed by atoms with Crippen molar-refractivity contribution in [2.45, 2.75) is 71.3 Å². The Morgan fingerprint density at radius 1 is 1.00 bits per heavy atom. The summed E-state index contributed by atoms with van der Waals surface area (Å²) in [6.07, 6.45) is 14.2. The van der Waals surface area contributed by atoms with Gasteiger partial charge in [0.25, 0.3) is 0 Å². The number of hydrogen-bond donors (Lipinski definition) is 1. The van der Waals surface area contributed by atoms with Gasteiger partial charge in [-0.05, 0) is 39.0 Å². The summed E-state index contributed by atoms with van der Waals surface area (Å²) < 4.78 is 0. The third-order valence-electron chi connectivity index (χ3n) is 2.38. The summed E-state index contributed by atoms with van der Waals surface area (Å²) in [6.45, 7) is 4.10. The minimum absolute atomic E-state index is 0.132. The smallest absolute Gasteiger partial charge is 0.0512 e. The Balaban J connectivity index is 3.04. The van der Waals surface area contributed by atoms with Crippen LogP contribution >= 0.6 is 0 Å². The van der Waals surface area contributed by atoms with E-state index >= 15 is 0 Å². The Bertz CT molecular complexity index is 127. The van der Waals surface area contributed by atoms with Gasteiger partial charge in [0.15, 0.2) is 0 Å². The van der Waals surface area contributed by atoms with Gasteiger partial charge in [0.1, 0.15) is 0 Å². The number of allylic oxidation sites excluding steroid dienone is 2. The molecule has 14 heavy (non-hydrogen) atoms. The first kappa shape index (κ1) is 13.7. The van der Waals surface area contributed by atoms with E-state index in [0.717, 1.165) is 19.3 Å². The van der Waals surface area contributed by atoms with Crippen LogP contribution in [-0.4, -0.2) is 11.2 Å². The van der Waals surface area contributed by atoms with Crippen LogP contribution in [0.25, 0.3) is 0 Å². The first-order valence-electron chi connectivity index (χ1n) is 6.10. The molecule has 0 aliphatic rings. The number of unbranched alkanes of at least 4 members (excludes halogenated alkanes) is 5. The van der Waals surface area contributed by atoms with E-state index in [2.05, 4.69) is 19.1 Å². The molecule has 1 unspecified atom stereocenters. The molecule has 0 aromatic heterocycles. The summed E-state index contributed by atoms with van der Waals surface area (Å²) in [5, 5.41) is 9.03. The summed E-state index contributed by atoms with van der Waals surface area (Å²) >= 11 is 0. The number of aliphatic hydroxyl groups excluding tert-OH is 1. The highest BCUT2D eigenvalue weighted by molar-refractivity contribution is 4.81. The van der Waals surface area contributed by atoms with Gasteiger partial charge in [0, 0.05) is 0 Å². The highest BCUT2D eigenvalue weighted by Gasteiger charge is 1.92. The maximum absolute atomic E-state index is 9.03. The van der Waals surface area contributed by atoms with E-state index in [1.165, 1.54) is 32.1 Å². The molecule has 0 aromatic rings. The molecule has 0 aromatic carbocycles. The Morgan fingerprint density at radius 3 is 2.21 bits per heavy atom. The second kappa shape index (κ2) is 10.8. The molecule has 0 spiro atoms. The molecule has 0 radical (unpaired) electrons. The van der Waals surface area contributed by atoms with Crippen LogP contribution < -0.4 is 0 Å². The molecular formula is C13H26O. The van der Waals surface area contributed by atoms with Crippen molar-refractivity contribution >= 4 is 0 Å². The Hall–Kier alpha value is -0.300. The topological polar surface area (TPSA) is 20.2 Å². The summed E-state index contributed by atoms with van der Waals surface area (Å²) in [7, 11) is 0. The van der Waals surface area contributed by atoms with Gasteiger partial charge < -0.3 is 5.11 Å². The molecule has 1 N–H and O–H groups in total. The van der Waals surface area contributed by atoms with Gasteiger partial charge >= 0.3 is 0 Å². The summed E-state index contributed by atoms with van der Waals surface area (Å²) in [5.74, 6) is 0. The van der Waals surface area contributed by atoms with Crippen molar-refractivity contribution < 1.29 is 5.11 Å². The zero-order chi connectivity index (χ0) is 10.6. The predicted octanol–water partition coefficient (Wildman–Crippen LogP) is 4.06. The van der Waals surface area contributed by atoms with Crippen LogP contribution in [0.1, 0.15) is 65.2 Å². The third-order valence-corrected chi connectivity index (χ3v) is 2.38. The van der Waals surface area contributed by atoms with Crippen molar-refractivity contribution in [2.75, 3.05) is 0 Å². The fourth-order valence-electron chi connectivity index (χ4n) is 1.46. The molecule has 1 atom stereocenters. The first-order chi connectivity index (χ1) is 6.77. The molecule has 0 bridgehead atoms. The second-order valence-electron chi connectivity index (χ2n) is 4.10. The van der Waals surface area contributed by atoms with Crippen molar-refractivity contribution in [2.24, 2.45) is 0 Å². The molecule has 0 fully saturated rings. The van der Waals surface area contributed by atoms with Crippen LogP contribution in [0.3, 0.4) is 0 Å². The van der Waals surface area contributed by atoms with Crippen molar-refractivity contribution in [1.29, 1.82) is 0 Å². The molecular weight excluding hydrogens is 172 g/mol. The molecule has 1 heteroatoms. The highest BCUT2D eigenvalue weighted by Crippen LogP contribution is 2.05.